The topological polar surface area (TPSA) is 332 Å². The van der Waals surface area contributed by atoms with Crippen LogP contribution < -0.4 is 28.3 Å². The Labute approximate surface area is 229 Å². The van der Waals surface area contributed by atoms with Gasteiger partial charge in [0.25, 0.3) is 0 Å². The Morgan fingerprint density at radius 1 is 0.850 bits per heavy atom. The van der Waals surface area contributed by atoms with Crippen molar-refractivity contribution in [2.24, 2.45) is 22.9 Å². The van der Waals surface area contributed by atoms with E-state index in [9.17, 15) is 45.6 Å². The molecule has 2 aliphatic heterocycles. The molecular formula is C22H43N5O13. The molecule has 3 fully saturated rings. The van der Waals surface area contributed by atoms with Crippen LogP contribution in [0.2, 0.25) is 0 Å². The van der Waals surface area contributed by atoms with Gasteiger partial charge in [-0.15, -0.1) is 0 Å². The number of nitrogens with one attached hydrogen (secondary N) is 1. The molecule has 0 aromatic heterocycles. The molecular weight excluding hydrogens is 542 g/mol. The van der Waals surface area contributed by atoms with Crippen LogP contribution >= 0.6 is 0 Å². The smallest absolute Gasteiger partial charge is 0.249 e. The fraction of sp³-hybridized carbons (Fsp3) is 0.955. The third-order valence-corrected chi connectivity index (χ3v) is 7.51. The van der Waals surface area contributed by atoms with E-state index in [1.165, 1.54) is 0 Å². The van der Waals surface area contributed by atoms with Crippen molar-refractivity contribution in [1.29, 1.82) is 0 Å². The summed E-state index contributed by atoms with van der Waals surface area (Å²) in [6.45, 7) is -0.898. The van der Waals surface area contributed by atoms with Crippen LogP contribution in [-0.4, -0.2) is 164 Å². The third kappa shape index (κ3) is 7.06. The van der Waals surface area contributed by atoms with Gasteiger partial charge in [-0.2, -0.15) is 0 Å². The molecule has 16 atom stereocenters. The van der Waals surface area contributed by atoms with Gasteiger partial charge in [0.2, 0.25) is 5.91 Å². The summed E-state index contributed by atoms with van der Waals surface area (Å²) < 4.78 is 22.5. The van der Waals surface area contributed by atoms with Crippen LogP contribution in [0.3, 0.4) is 0 Å². The lowest BCUT2D eigenvalue weighted by molar-refractivity contribution is -0.332. The lowest BCUT2D eigenvalue weighted by Crippen LogP contribution is -2.69. The van der Waals surface area contributed by atoms with E-state index in [2.05, 4.69) is 5.32 Å². The highest BCUT2D eigenvalue weighted by atomic mass is 16.7. The number of ether oxygens (including phenoxy) is 4. The van der Waals surface area contributed by atoms with E-state index in [-0.39, 0.29) is 25.9 Å². The summed E-state index contributed by atoms with van der Waals surface area (Å²) >= 11 is 0. The minimum atomic E-state index is -1.76. The van der Waals surface area contributed by atoms with Crippen LogP contribution in [0.1, 0.15) is 12.8 Å². The van der Waals surface area contributed by atoms with Crippen molar-refractivity contribution in [3.63, 3.8) is 0 Å². The predicted molar refractivity (Wildman–Crippen MR) is 131 cm³/mol. The van der Waals surface area contributed by atoms with E-state index in [4.69, 9.17) is 41.9 Å². The SMILES string of the molecule is NCC[C@H](O)C(=O)N[C@@H]1C[C@H](N)[C@H](O[C@@H]2O[C@H](CN)[C@H](O)[C@H](O)[C@@H]2O)[C@H](O)[C@@H]1O[C@@H]1O[C@H](CO)[C@H](O)[C@H](N)[C@H]1O. The lowest BCUT2D eigenvalue weighted by Gasteiger charge is -2.49. The van der Waals surface area contributed by atoms with Gasteiger partial charge in [0.1, 0.15) is 67.1 Å². The highest BCUT2D eigenvalue weighted by molar-refractivity contribution is 5.80. The van der Waals surface area contributed by atoms with Crippen molar-refractivity contribution >= 4 is 5.91 Å². The van der Waals surface area contributed by atoms with Gasteiger partial charge in [-0.1, -0.05) is 0 Å². The second kappa shape index (κ2) is 14.3. The highest BCUT2D eigenvalue weighted by Crippen LogP contribution is 2.32. The molecule has 17 N–H and O–H groups in total. The molecule has 2 saturated heterocycles. The summed E-state index contributed by atoms with van der Waals surface area (Å²) in [5.74, 6) is -0.845. The van der Waals surface area contributed by atoms with Gasteiger partial charge in [-0.25, -0.2) is 0 Å². The number of amides is 1. The normalized spacial score (nSPS) is 47.0. The Morgan fingerprint density at radius 2 is 1.45 bits per heavy atom. The molecule has 234 valence electrons. The van der Waals surface area contributed by atoms with E-state index in [0.717, 1.165) is 0 Å². The Balaban J connectivity index is 1.85. The zero-order valence-corrected chi connectivity index (χ0v) is 21.7. The summed E-state index contributed by atoms with van der Waals surface area (Å²) in [5.41, 5.74) is 23.1. The Bertz CT molecular complexity index is 815. The summed E-state index contributed by atoms with van der Waals surface area (Å²) in [4.78, 5) is 12.6. The molecule has 0 aromatic rings. The molecule has 18 heteroatoms. The molecule has 18 nitrogen and oxygen atoms in total. The molecule has 0 bridgehead atoms. The lowest BCUT2D eigenvalue weighted by atomic mass is 9.83. The first-order chi connectivity index (χ1) is 18.9. The van der Waals surface area contributed by atoms with E-state index >= 15 is 0 Å². The van der Waals surface area contributed by atoms with Gasteiger partial charge in [-0.05, 0) is 19.4 Å². The minimum absolute atomic E-state index is 0.0101. The number of aliphatic hydroxyl groups excluding tert-OH is 8. The van der Waals surface area contributed by atoms with Gasteiger partial charge >= 0.3 is 0 Å². The summed E-state index contributed by atoms with van der Waals surface area (Å²) in [5, 5.41) is 84.9. The van der Waals surface area contributed by atoms with Crippen LogP contribution in [0.5, 0.6) is 0 Å². The fourth-order valence-electron chi connectivity index (χ4n) is 5.07. The standard InChI is InChI=1S/C22H43N5O13/c23-2-1-8(29)20(36)27-7-3-6(25)18(39-22-16(34)15(33)13(31)9(4-24)37-22)17(35)19(7)40-21-14(32)11(26)12(30)10(5-28)38-21/h6-19,21-22,28-35H,1-5,23-26H2,(H,27,36)/t6-,7+,8-,9+,10+,11-,12-,13-,14+,15-,16-,17-,18-,19+,21-,22-/m0/s1. The average Bonchev–Trinajstić information content (AvgIpc) is 2.92. The van der Waals surface area contributed by atoms with E-state index < -0.39 is 110 Å². The molecule has 3 rings (SSSR count). The van der Waals surface area contributed by atoms with Crippen molar-refractivity contribution in [2.75, 3.05) is 19.7 Å². The highest BCUT2D eigenvalue weighted by Gasteiger charge is 2.52. The molecule has 1 amide bonds. The second-order valence-corrected chi connectivity index (χ2v) is 10.3. The van der Waals surface area contributed by atoms with E-state index in [1.807, 2.05) is 0 Å². The van der Waals surface area contributed by atoms with E-state index in [1.54, 1.807) is 0 Å². The molecule has 0 radical (unpaired) electrons. The summed E-state index contributed by atoms with van der Waals surface area (Å²) in [7, 11) is 0. The van der Waals surface area contributed by atoms with Crippen LogP contribution in [0, 0.1) is 0 Å². The Morgan fingerprint density at radius 3 is 2.05 bits per heavy atom. The molecule has 40 heavy (non-hydrogen) atoms. The number of aliphatic hydroxyl groups is 8. The molecule has 3 aliphatic rings. The largest absolute Gasteiger partial charge is 0.394 e. The van der Waals surface area contributed by atoms with Crippen LogP contribution in [0.15, 0.2) is 0 Å². The maximum Gasteiger partial charge on any atom is 0.249 e. The van der Waals surface area contributed by atoms with E-state index in [0.29, 0.717) is 0 Å². The maximum atomic E-state index is 12.6. The number of carbonyl (C=O) groups excluding carboxylic acids is 1. The molecule has 0 aromatic carbocycles. The number of nitrogens with two attached hydrogens (primary N) is 4. The third-order valence-electron chi connectivity index (χ3n) is 7.51. The average molecular weight is 586 g/mol. The van der Waals surface area contributed by atoms with Crippen molar-refractivity contribution in [3.8, 4) is 0 Å². The van der Waals surface area contributed by atoms with Crippen molar-refractivity contribution in [3.05, 3.63) is 0 Å². The molecule has 1 aliphatic carbocycles. The van der Waals surface area contributed by atoms with Gasteiger partial charge < -0.3 is 88.1 Å². The number of hydrogen-bond donors (Lipinski definition) is 13. The monoisotopic (exact) mass is 585 g/mol. The van der Waals surface area contributed by atoms with Gasteiger partial charge in [0.15, 0.2) is 12.6 Å². The zero-order valence-electron chi connectivity index (χ0n) is 21.7. The van der Waals surface area contributed by atoms with Gasteiger partial charge in [-0.3, -0.25) is 4.79 Å². The van der Waals surface area contributed by atoms with Crippen molar-refractivity contribution < 1.29 is 64.6 Å². The first-order valence-electron chi connectivity index (χ1n) is 13.1. The van der Waals surface area contributed by atoms with Crippen LogP contribution in [0.4, 0.5) is 0 Å². The predicted octanol–water partition coefficient (Wildman–Crippen LogP) is -8.42. The Kier molecular flexibility index (Phi) is 11.9. The minimum Gasteiger partial charge on any atom is -0.394 e. The molecule has 2 heterocycles. The summed E-state index contributed by atoms with van der Waals surface area (Å²) in [6, 6.07) is -3.45. The number of carbonyl (C=O) groups is 1. The number of rotatable bonds is 10. The van der Waals surface area contributed by atoms with Crippen molar-refractivity contribution in [2.45, 2.75) is 111 Å². The Hall–Kier alpha value is -1.17. The number of hydrogen-bond acceptors (Lipinski definition) is 17. The second-order valence-electron chi connectivity index (χ2n) is 10.3. The maximum absolute atomic E-state index is 12.6. The van der Waals surface area contributed by atoms with Gasteiger partial charge in [0.05, 0.1) is 18.7 Å². The first-order valence-corrected chi connectivity index (χ1v) is 13.1. The van der Waals surface area contributed by atoms with Crippen LogP contribution in [0.25, 0.3) is 0 Å². The van der Waals surface area contributed by atoms with Crippen LogP contribution in [-0.2, 0) is 23.7 Å². The molecule has 0 spiro atoms. The zero-order chi connectivity index (χ0) is 29.9. The summed E-state index contributed by atoms with van der Waals surface area (Å²) in [6.07, 6.45) is -19.8. The molecule has 1 saturated carbocycles. The molecule has 0 unspecified atom stereocenters. The van der Waals surface area contributed by atoms with Gasteiger partial charge in [0, 0.05) is 12.6 Å². The van der Waals surface area contributed by atoms with Crippen molar-refractivity contribution in [1.82, 2.24) is 5.32 Å². The fourth-order valence-corrected chi connectivity index (χ4v) is 5.07. The quantitative estimate of drug-likeness (QED) is 0.113. The first kappa shape index (κ1) is 33.3.